The number of benzene rings is 2. The number of ketones is 1. The van der Waals surface area contributed by atoms with E-state index in [0.717, 1.165) is 12.0 Å². The lowest BCUT2D eigenvalue weighted by Crippen LogP contribution is -2.39. The molecule has 0 radical (unpaired) electrons. The van der Waals surface area contributed by atoms with Crippen molar-refractivity contribution in [2.75, 3.05) is 34.9 Å². The molecule has 0 spiro atoms. The maximum absolute atomic E-state index is 12.6. The van der Waals surface area contributed by atoms with Crippen LogP contribution >= 0.6 is 0 Å². The zero-order valence-electron chi connectivity index (χ0n) is 18.1. The molecule has 1 aliphatic rings. The van der Waals surface area contributed by atoms with E-state index < -0.39 is 33.0 Å². The van der Waals surface area contributed by atoms with Gasteiger partial charge >= 0.3 is 0 Å². The highest BCUT2D eigenvalue weighted by atomic mass is 32.2. The van der Waals surface area contributed by atoms with Gasteiger partial charge in [0.2, 0.25) is 5.91 Å². The average molecular weight is 459 g/mol. The summed E-state index contributed by atoms with van der Waals surface area (Å²) in [7, 11) is -3.99. The number of carbonyl (C=O) groups excluding carboxylic acids is 3. The topological polar surface area (TPSA) is 110 Å². The molecule has 1 aliphatic heterocycles. The largest absolute Gasteiger partial charge is 0.482 e. The van der Waals surface area contributed by atoms with Crippen LogP contribution in [0.15, 0.2) is 42.5 Å². The van der Waals surface area contributed by atoms with Gasteiger partial charge in [0.1, 0.15) is 17.3 Å². The first-order valence-corrected chi connectivity index (χ1v) is 12.2. The van der Waals surface area contributed by atoms with E-state index in [1.54, 1.807) is 18.2 Å². The molecular weight excluding hydrogens is 432 g/mol. The zero-order chi connectivity index (χ0) is 23.3. The highest BCUT2D eigenvalue weighted by Gasteiger charge is 2.27. The van der Waals surface area contributed by atoms with E-state index in [9.17, 15) is 22.8 Å². The Balaban J connectivity index is 1.67. The maximum atomic E-state index is 12.6. The van der Waals surface area contributed by atoms with Crippen LogP contribution in [0, 0.1) is 0 Å². The number of Topliss-reactive ketones (excluding diaryl/α,β-unsaturated/α-hetero) is 1. The summed E-state index contributed by atoms with van der Waals surface area (Å²) in [6, 6.07) is 11.6. The fraction of sp³-hybridized carbons (Fsp3) is 0.348. The molecule has 0 saturated carbocycles. The van der Waals surface area contributed by atoms with Crippen molar-refractivity contribution in [2.45, 2.75) is 26.7 Å². The van der Waals surface area contributed by atoms with E-state index in [-0.39, 0.29) is 18.1 Å². The summed E-state index contributed by atoms with van der Waals surface area (Å²) < 4.78 is 30.3. The van der Waals surface area contributed by atoms with Crippen molar-refractivity contribution in [1.29, 1.82) is 0 Å². The van der Waals surface area contributed by atoms with Crippen molar-refractivity contribution in [1.82, 2.24) is 0 Å². The van der Waals surface area contributed by atoms with Gasteiger partial charge in [0.15, 0.2) is 22.2 Å². The third-order valence-corrected chi connectivity index (χ3v) is 6.42. The van der Waals surface area contributed by atoms with Crippen molar-refractivity contribution in [2.24, 2.45) is 0 Å². The summed E-state index contributed by atoms with van der Waals surface area (Å²) in [5.41, 5.74) is 2.17. The molecule has 2 aromatic carbocycles. The molecule has 1 N–H and O–H groups in total. The van der Waals surface area contributed by atoms with Gasteiger partial charge in [-0.05, 0) is 48.7 Å². The first-order chi connectivity index (χ1) is 15.2. The Hall–Kier alpha value is -3.20. The minimum atomic E-state index is -3.99. The van der Waals surface area contributed by atoms with Gasteiger partial charge in [0.05, 0.1) is 5.69 Å². The second-order valence-corrected chi connectivity index (χ2v) is 9.64. The molecule has 0 bridgehead atoms. The van der Waals surface area contributed by atoms with Crippen LogP contribution in [-0.2, 0) is 25.8 Å². The lowest BCUT2D eigenvalue weighted by atomic mass is 10.1. The van der Waals surface area contributed by atoms with Crippen LogP contribution in [-0.4, -0.2) is 50.7 Å². The van der Waals surface area contributed by atoms with E-state index in [1.807, 2.05) is 26.0 Å². The predicted octanol–water partition coefficient (Wildman–Crippen LogP) is 2.62. The maximum Gasteiger partial charge on any atom is 0.265 e. The number of nitrogens with zero attached hydrogens (tertiary/aromatic N) is 1. The summed E-state index contributed by atoms with van der Waals surface area (Å²) in [5, 5.41) is 2.54. The highest BCUT2D eigenvalue weighted by molar-refractivity contribution is 7.92. The molecule has 9 heteroatoms. The van der Waals surface area contributed by atoms with E-state index in [0.29, 0.717) is 30.1 Å². The molecule has 0 atom stereocenters. The predicted molar refractivity (Wildman–Crippen MR) is 122 cm³/mol. The van der Waals surface area contributed by atoms with Gasteiger partial charge in [-0.2, -0.15) is 0 Å². The smallest absolute Gasteiger partial charge is 0.265 e. The summed E-state index contributed by atoms with van der Waals surface area (Å²) in [6.07, 6.45) is 1.57. The number of nitrogens with one attached hydrogen (secondary N) is 1. The molecule has 3 rings (SSSR count). The monoisotopic (exact) mass is 458 g/mol. The molecular formula is C23H26N2O6S. The molecule has 2 amide bonds. The number of carbonyl (C=O) groups is 3. The lowest BCUT2D eigenvalue weighted by molar-refractivity contribution is -0.121. The van der Waals surface area contributed by atoms with Crippen molar-refractivity contribution in [3.8, 4) is 5.75 Å². The third-order valence-electron chi connectivity index (χ3n) is 5.02. The van der Waals surface area contributed by atoms with Gasteiger partial charge in [-0.15, -0.1) is 0 Å². The van der Waals surface area contributed by atoms with Crippen LogP contribution in [0.1, 0.15) is 36.2 Å². The Kier molecular flexibility index (Phi) is 7.29. The minimum Gasteiger partial charge on any atom is -0.482 e. The van der Waals surface area contributed by atoms with E-state index >= 15 is 0 Å². The van der Waals surface area contributed by atoms with Crippen LogP contribution in [0.4, 0.5) is 11.4 Å². The van der Waals surface area contributed by atoms with Gasteiger partial charge in [-0.1, -0.05) is 26.0 Å². The number of amides is 2. The molecule has 32 heavy (non-hydrogen) atoms. The van der Waals surface area contributed by atoms with E-state index in [4.69, 9.17) is 4.74 Å². The molecule has 0 aromatic heterocycles. The van der Waals surface area contributed by atoms with Crippen LogP contribution in [0.5, 0.6) is 5.75 Å². The van der Waals surface area contributed by atoms with Gasteiger partial charge < -0.3 is 15.0 Å². The summed E-state index contributed by atoms with van der Waals surface area (Å²) in [4.78, 5) is 38.5. The van der Waals surface area contributed by atoms with Gasteiger partial charge in [0, 0.05) is 17.8 Å². The Bertz CT molecular complexity index is 1130. The SMILES string of the molecule is CCCN1C(=O)COc2ccc(C(=O)CS(=O)(=O)CC(=O)Nc3ccc(CC)cc3)cc21. The van der Waals surface area contributed by atoms with E-state index in [1.165, 1.54) is 17.0 Å². The lowest BCUT2D eigenvalue weighted by Gasteiger charge is -2.29. The molecule has 8 nitrogen and oxygen atoms in total. The molecule has 0 fully saturated rings. The Labute approximate surface area is 187 Å². The second-order valence-electron chi connectivity index (χ2n) is 7.57. The van der Waals surface area contributed by atoms with Crippen LogP contribution in [0.25, 0.3) is 0 Å². The number of ether oxygens (including phenoxy) is 1. The van der Waals surface area contributed by atoms with Gasteiger partial charge in [-0.25, -0.2) is 8.42 Å². The molecule has 170 valence electrons. The zero-order valence-corrected chi connectivity index (χ0v) is 18.9. The highest BCUT2D eigenvalue weighted by Crippen LogP contribution is 2.33. The average Bonchev–Trinajstić information content (AvgIpc) is 2.75. The van der Waals surface area contributed by atoms with Gasteiger partial charge in [0.25, 0.3) is 5.91 Å². The summed E-state index contributed by atoms with van der Waals surface area (Å²) in [6.45, 7) is 4.31. The number of hydrogen-bond donors (Lipinski definition) is 1. The van der Waals surface area contributed by atoms with Crippen LogP contribution in [0.2, 0.25) is 0 Å². The molecule has 1 heterocycles. The standard InChI is InChI=1S/C23H26N2O6S/c1-3-11-25-19-12-17(7-10-21(19)31-13-23(25)28)20(26)14-32(29,30)15-22(27)24-18-8-5-16(4-2)6-9-18/h5-10,12H,3-4,11,13-15H2,1-2H3,(H,24,27). The number of aryl methyl sites for hydroxylation is 1. The van der Waals surface area contributed by atoms with Crippen molar-refractivity contribution in [3.05, 3.63) is 53.6 Å². The van der Waals surface area contributed by atoms with Gasteiger partial charge in [-0.3, -0.25) is 14.4 Å². The van der Waals surface area contributed by atoms with Crippen molar-refractivity contribution in [3.63, 3.8) is 0 Å². The Morgan fingerprint density at radius 3 is 2.44 bits per heavy atom. The number of fused-ring (bicyclic) bond motifs is 1. The fourth-order valence-corrected chi connectivity index (χ4v) is 4.54. The Morgan fingerprint density at radius 1 is 1.06 bits per heavy atom. The quantitative estimate of drug-likeness (QED) is 0.579. The number of hydrogen-bond acceptors (Lipinski definition) is 6. The number of sulfone groups is 1. The normalized spacial score (nSPS) is 13.3. The fourth-order valence-electron chi connectivity index (χ4n) is 3.40. The van der Waals surface area contributed by atoms with Crippen molar-refractivity contribution >= 4 is 38.8 Å². The second kappa shape index (κ2) is 9.95. The van der Waals surface area contributed by atoms with Crippen molar-refractivity contribution < 1.29 is 27.5 Å². The minimum absolute atomic E-state index is 0.0784. The van der Waals surface area contributed by atoms with Crippen LogP contribution in [0.3, 0.4) is 0 Å². The molecule has 0 aliphatic carbocycles. The first-order valence-electron chi connectivity index (χ1n) is 10.4. The molecule has 2 aromatic rings. The third kappa shape index (κ3) is 5.73. The van der Waals surface area contributed by atoms with E-state index in [2.05, 4.69) is 5.32 Å². The first kappa shape index (κ1) is 23.5. The number of rotatable bonds is 9. The number of anilines is 2. The summed E-state index contributed by atoms with van der Waals surface area (Å²) >= 11 is 0. The van der Waals surface area contributed by atoms with Crippen LogP contribution < -0.4 is 15.0 Å². The summed E-state index contributed by atoms with van der Waals surface area (Å²) in [5.74, 6) is -2.73. The molecule has 0 unspecified atom stereocenters. The Morgan fingerprint density at radius 2 is 1.78 bits per heavy atom. The molecule has 0 saturated heterocycles.